The fourth-order valence-corrected chi connectivity index (χ4v) is 2.14. The van der Waals surface area contributed by atoms with Crippen LogP contribution in [0.15, 0.2) is 42.5 Å². The monoisotopic (exact) mass is 314 g/mol. The highest BCUT2D eigenvalue weighted by Gasteiger charge is 2.33. The number of carboxylic acids is 1. The summed E-state index contributed by atoms with van der Waals surface area (Å²) < 4.78 is 38.4. The summed E-state index contributed by atoms with van der Waals surface area (Å²) in [6, 6.07) is 9.99. The molecule has 2 aromatic rings. The van der Waals surface area contributed by atoms with Crippen LogP contribution in [-0.4, -0.2) is 11.1 Å². The van der Waals surface area contributed by atoms with Gasteiger partial charge in [-0.05, 0) is 28.8 Å². The number of hydrogen-bond acceptors (Lipinski definition) is 1. The van der Waals surface area contributed by atoms with Crippen molar-refractivity contribution in [3.63, 3.8) is 0 Å². The molecular formula is C15H10ClF3O2. The number of benzene rings is 2. The van der Waals surface area contributed by atoms with Crippen LogP contribution in [0.3, 0.4) is 0 Å². The van der Waals surface area contributed by atoms with Gasteiger partial charge >= 0.3 is 12.1 Å². The van der Waals surface area contributed by atoms with Crippen molar-refractivity contribution in [1.82, 2.24) is 0 Å². The molecular weight excluding hydrogens is 305 g/mol. The second-order valence-corrected chi connectivity index (χ2v) is 4.87. The van der Waals surface area contributed by atoms with E-state index in [-0.39, 0.29) is 11.4 Å². The van der Waals surface area contributed by atoms with E-state index in [0.717, 1.165) is 6.07 Å². The predicted octanol–water partition coefficient (Wildman–Crippen LogP) is 4.65. The van der Waals surface area contributed by atoms with Crippen LogP contribution in [0.4, 0.5) is 13.2 Å². The Hall–Kier alpha value is -2.01. The van der Waals surface area contributed by atoms with E-state index in [1.165, 1.54) is 12.1 Å². The molecule has 1 N–H and O–H groups in total. The molecule has 0 saturated heterocycles. The van der Waals surface area contributed by atoms with E-state index in [0.29, 0.717) is 16.7 Å². The normalized spacial score (nSPS) is 11.4. The van der Waals surface area contributed by atoms with Crippen LogP contribution in [0.25, 0.3) is 11.1 Å². The smallest absolute Gasteiger partial charge is 0.417 e. The molecule has 0 unspecified atom stereocenters. The van der Waals surface area contributed by atoms with Crippen LogP contribution < -0.4 is 0 Å². The summed E-state index contributed by atoms with van der Waals surface area (Å²) in [6.45, 7) is 0. The van der Waals surface area contributed by atoms with Crippen LogP contribution in [-0.2, 0) is 17.4 Å². The third-order valence-corrected chi connectivity index (χ3v) is 3.24. The number of alkyl halides is 3. The summed E-state index contributed by atoms with van der Waals surface area (Å²) in [4.78, 5) is 10.6. The Morgan fingerprint density at radius 2 is 1.62 bits per heavy atom. The highest BCUT2D eigenvalue weighted by Crippen LogP contribution is 2.37. The number of hydrogen-bond donors (Lipinski definition) is 1. The summed E-state index contributed by atoms with van der Waals surface area (Å²) in [5, 5.41) is 8.32. The Kier molecular flexibility index (Phi) is 4.23. The zero-order chi connectivity index (χ0) is 15.6. The van der Waals surface area contributed by atoms with Crippen molar-refractivity contribution in [2.24, 2.45) is 0 Å². The van der Waals surface area contributed by atoms with Crippen LogP contribution >= 0.6 is 11.6 Å². The maximum Gasteiger partial charge on any atom is 0.417 e. The first kappa shape index (κ1) is 15.4. The van der Waals surface area contributed by atoms with E-state index in [4.69, 9.17) is 16.7 Å². The lowest BCUT2D eigenvalue weighted by atomic mass is 10.0. The van der Waals surface area contributed by atoms with Gasteiger partial charge in [0.25, 0.3) is 0 Å². The molecule has 0 bridgehead atoms. The summed E-state index contributed by atoms with van der Waals surface area (Å²) in [5.41, 5.74) is 0.618. The second-order valence-electron chi connectivity index (χ2n) is 4.46. The Labute approximate surface area is 123 Å². The standard InChI is InChI=1S/C15H10ClF3O2/c16-13-6-5-11(8-12(13)15(17,18)19)10-3-1-9(2-4-10)7-14(20)21/h1-6,8H,7H2,(H,20,21). The summed E-state index contributed by atoms with van der Waals surface area (Å²) in [5.74, 6) is -0.964. The molecule has 2 nitrogen and oxygen atoms in total. The maximum absolute atomic E-state index is 12.8. The van der Waals surface area contributed by atoms with Gasteiger partial charge in [-0.2, -0.15) is 13.2 Å². The minimum absolute atomic E-state index is 0.130. The highest BCUT2D eigenvalue weighted by molar-refractivity contribution is 6.31. The molecule has 0 aliphatic rings. The van der Waals surface area contributed by atoms with Crippen LogP contribution in [0.5, 0.6) is 0 Å². The van der Waals surface area contributed by atoms with Crippen molar-refractivity contribution in [2.75, 3.05) is 0 Å². The van der Waals surface area contributed by atoms with Crippen LogP contribution in [0.2, 0.25) is 5.02 Å². The number of carboxylic acid groups (broad SMARTS) is 1. The fourth-order valence-electron chi connectivity index (χ4n) is 1.91. The van der Waals surface area contributed by atoms with E-state index < -0.39 is 17.7 Å². The van der Waals surface area contributed by atoms with Gasteiger partial charge in [-0.15, -0.1) is 0 Å². The average molecular weight is 315 g/mol. The van der Waals surface area contributed by atoms with Crippen molar-refractivity contribution in [2.45, 2.75) is 12.6 Å². The number of halogens is 4. The SMILES string of the molecule is O=C(O)Cc1ccc(-c2ccc(Cl)c(C(F)(F)F)c2)cc1. The summed E-state index contributed by atoms with van der Waals surface area (Å²) in [7, 11) is 0. The first-order chi connectivity index (χ1) is 9.77. The van der Waals surface area contributed by atoms with E-state index in [9.17, 15) is 18.0 Å². The lowest BCUT2D eigenvalue weighted by molar-refractivity contribution is -0.138. The molecule has 2 rings (SSSR count). The Morgan fingerprint density at radius 1 is 1.05 bits per heavy atom. The van der Waals surface area contributed by atoms with Crippen molar-refractivity contribution in [3.8, 4) is 11.1 Å². The molecule has 6 heteroatoms. The van der Waals surface area contributed by atoms with Crippen molar-refractivity contribution in [1.29, 1.82) is 0 Å². The molecule has 0 heterocycles. The molecule has 110 valence electrons. The topological polar surface area (TPSA) is 37.3 Å². The molecule has 0 saturated carbocycles. The number of carbonyl (C=O) groups is 1. The third-order valence-electron chi connectivity index (χ3n) is 2.91. The number of aliphatic carboxylic acids is 1. The van der Waals surface area contributed by atoms with Crippen molar-refractivity contribution >= 4 is 17.6 Å². The quantitative estimate of drug-likeness (QED) is 0.895. The third kappa shape index (κ3) is 3.76. The van der Waals surface area contributed by atoms with Gasteiger partial charge in [-0.25, -0.2) is 0 Å². The Balaban J connectivity index is 2.36. The minimum atomic E-state index is -4.52. The van der Waals surface area contributed by atoms with Crippen LogP contribution in [0, 0.1) is 0 Å². The summed E-state index contributed by atoms with van der Waals surface area (Å²) >= 11 is 5.57. The molecule has 0 radical (unpaired) electrons. The first-order valence-corrected chi connectivity index (χ1v) is 6.33. The number of rotatable bonds is 3. The van der Waals surface area contributed by atoms with Gasteiger partial charge < -0.3 is 5.11 Å². The average Bonchev–Trinajstić information content (AvgIpc) is 2.38. The van der Waals surface area contributed by atoms with Gasteiger partial charge in [0.1, 0.15) is 0 Å². The van der Waals surface area contributed by atoms with Gasteiger partial charge in [-0.3, -0.25) is 4.79 Å². The minimum Gasteiger partial charge on any atom is -0.481 e. The second kappa shape index (κ2) is 5.77. The molecule has 0 aromatic heterocycles. The van der Waals surface area contributed by atoms with Crippen molar-refractivity contribution < 1.29 is 23.1 Å². The van der Waals surface area contributed by atoms with Crippen LogP contribution in [0.1, 0.15) is 11.1 Å². The summed E-state index contributed by atoms with van der Waals surface area (Å²) in [6.07, 6.45) is -4.65. The molecule has 0 fully saturated rings. The van der Waals surface area contributed by atoms with E-state index in [2.05, 4.69) is 0 Å². The lowest BCUT2D eigenvalue weighted by Gasteiger charge is -2.11. The predicted molar refractivity (Wildman–Crippen MR) is 73.2 cm³/mol. The molecule has 0 aliphatic heterocycles. The fraction of sp³-hybridized carbons (Fsp3) is 0.133. The van der Waals surface area contributed by atoms with Crippen molar-refractivity contribution in [3.05, 3.63) is 58.6 Å². The van der Waals surface area contributed by atoms with E-state index >= 15 is 0 Å². The zero-order valence-corrected chi connectivity index (χ0v) is 11.4. The highest BCUT2D eigenvalue weighted by atomic mass is 35.5. The maximum atomic E-state index is 12.8. The van der Waals surface area contributed by atoms with Gasteiger partial charge in [0, 0.05) is 0 Å². The van der Waals surface area contributed by atoms with Gasteiger partial charge in [0.15, 0.2) is 0 Å². The van der Waals surface area contributed by atoms with Gasteiger partial charge in [-0.1, -0.05) is 41.9 Å². The molecule has 0 amide bonds. The van der Waals surface area contributed by atoms with Gasteiger partial charge in [0.05, 0.1) is 17.0 Å². The lowest BCUT2D eigenvalue weighted by Crippen LogP contribution is -2.06. The Morgan fingerprint density at radius 3 is 2.14 bits per heavy atom. The zero-order valence-electron chi connectivity index (χ0n) is 10.6. The molecule has 21 heavy (non-hydrogen) atoms. The van der Waals surface area contributed by atoms with Gasteiger partial charge in [0.2, 0.25) is 0 Å². The first-order valence-electron chi connectivity index (χ1n) is 5.95. The molecule has 0 spiro atoms. The van der Waals surface area contributed by atoms with E-state index in [1.807, 2.05) is 0 Å². The molecule has 0 aliphatic carbocycles. The molecule has 0 atom stereocenters. The Bertz CT molecular complexity index is 664. The molecule has 2 aromatic carbocycles. The largest absolute Gasteiger partial charge is 0.481 e. The van der Waals surface area contributed by atoms with E-state index in [1.54, 1.807) is 24.3 Å².